The number of nitrogens with zero attached hydrogens (tertiary/aromatic N) is 1. The molecule has 0 aliphatic heterocycles. The van der Waals surface area contributed by atoms with Crippen LogP contribution in [0.1, 0.15) is 17.3 Å². The normalized spacial score (nSPS) is 14.1. The average Bonchev–Trinajstić information content (AvgIpc) is 2.27. The van der Waals surface area contributed by atoms with Crippen LogP contribution in [-0.2, 0) is 0 Å². The Morgan fingerprint density at radius 3 is 3.00 bits per heavy atom. The van der Waals surface area contributed by atoms with Crippen LogP contribution in [0.15, 0.2) is 18.3 Å². The molecule has 1 heterocycles. The lowest BCUT2D eigenvalue weighted by Gasteiger charge is -2.22. The van der Waals surface area contributed by atoms with Crippen molar-refractivity contribution in [2.45, 2.75) is 12.5 Å². The van der Waals surface area contributed by atoms with Crippen molar-refractivity contribution >= 4 is 17.7 Å². The molecule has 1 aromatic heterocycles. The minimum atomic E-state index is -1.01. The number of carbonyl (C=O) groups is 1. The third-order valence-corrected chi connectivity index (χ3v) is 3.00. The van der Waals surface area contributed by atoms with E-state index in [4.69, 9.17) is 0 Å². The Morgan fingerprint density at radius 2 is 2.41 bits per heavy atom. The molecule has 6 heteroatoms. The highest BCUT2D eigenvalue weighted by molar-refractivity contribution is 7.98. The molecule has 1 atom stereocenters. The van der Waals surface area contributed by atoms with E-state index in [1.54, 1.807) is 6.92 Å². The first-order valence-electron chi connectivity index (χ1n) is 5.06. The molecule has 0 bridgehead atoms. The molecule has 0 saturated heterocycles. The summed E-state index contributed by atoms with van der Waals surface area (Å²) >= 11 is 1.47. The Kier molecular flexibility index (Phi) is 4.89. The summed E-state index contributed by atoms with van der Waals surface area (Å²) in [5.41, 5.74) is -1.12. The Labute approximate surface area is 104 Å². The Balaban J connectivity index is 2.59. The number of halogens is 1. The number of aromatic nitrogens is 1. The van der Waals surface area contributed by atoms with Crippen LogP contribution >= 0.6 is 11.8 Å². The van der Waals surface area contributed by atoms with Gasteiger partial charge in [-0.1, -0.05) is 0 Å². The van der Waals surface area contributed by atoms with Crippen LogP contribution in [0.3, 0.4) is 0 Å². The van der Waals surface area contributed by atoms with Crippen molar-refractivity contribution in [3.05, 3.63) is 29.8 Å². The smallest absolute Gasteiger partial charge is 0.256 e. The SMILES string of the molecule is CSCC(C)(O)CNC(=O)c1cccnc1F. The molecule has 17 heavy (non-hydrogen) atoms. The molecule has 4 nitrogen and oxygen atoms in total. The molecule has 0 fully saturated rings. The molecule has 1 unspecified atom stereocenters. The first-order valence-corrected chi connectivity index (χ1v) is 6.46. The maximum atomic E-state index is 13.2. The van der Waals surface area contributed by atoms with Crippen LogP contribution in [0.25, 0.3) is 0 Å². The van der Waals surface area contributed by atoms with Crippen molar-refractivity contribution in [2.24, 2.45) is 0 Å². The largest absolute Gasteiger partial charge is 0.387 e. The van der Waals surface area contributed by atoms with E-state index < -0.39 is 17.5 Å². The van der Waals surface area contributed by atoms with Crippen LogP contribution in [-0.4, -0.2) is 40.2 Å². The molecule has 94 valence electrons. The van der Waals surface area contributed by atoms with Gasteiger partial charge in [0, 0.05) is 18.5 Å². The Morgan fingerprint density at radius 1 is 1.71 bits per heavy atom. The molecule has 0 saturated carbocycles. The number of hydrogen-bond donors (Lipinski definition) is 2. The third kappa shape index (κ3) is 4.32. The van der Waals surface area contributed by atoms with E-state index in [0.717, 1.165) is 0 Å². The van der Waals surface area contributed by atoms with Crippen molar-refractivity contribution < 1.29 is 14.3 Å². The second-order valence-corrected chi connectivity index (χ2v) is 4.82. The second-order valence-electron chi connectivity index (χ2n) is 3.95. The number of pyridine rings is 1. The Hall–Kier alpha value is -1.14. The first kappa shape index (κ1) is 13.9. The van der Waals surface area contributed by atoms with E-state index in [0.29, 0.717) is 5.75 Å². The first-order chi connectivity index (χ1) is 7.96. The predicted octanol–water partition coefficient (Wildman–Crippen LogP) is 1.06. The van der Waals surface area contributed by atoms with Crippen molar-refractivity contribution in [1.82, 2.24) is 10.3 Å². The van der Waals surface area contributed by atoms with Crippen molar-refractivity contribution in [3.63, 3.8) is 0 Å². The minimum absolute atomic E-state index is 0.0704. The lowest BCUT2D eigenvalue weighted by molar-refractivity contribution is 0.0722. The number of hydrogen-bond acceptors (Lipinski definition) is 4. The van der Waals surface area contributed by atoms with E-state index in [1.165, 1.54) is 30.1 Å². The van der Waals surface area contributed by atoms with Crippen LogP contribution in [0.4, 0.5) is 4.39 Å². The van der Waals surface area contributed by atoms with Crippen molar-refractivity contribution in [2.75, 3.05) is 18.6 Å². The average molecular weight is 258 g/mol. The van der Waals surface area contributed by atoms with E-state index in [2.05, 4.69) is 10.3 Å². The number of amides is 1. The van der Waals surface area contributed by atoms with Gasteiger partial charge >= 0.3 is 0 Å². The van der Waals surface area contributed by atoms with Gasteiger partial charge < -0.3 is 10.4 Å². The van der Waals surface area contributed by atoms with Gasteiger partial charge in [-0.2, -0.15) is 16.2 Å². The summed E-state index contributed by atoms with van der Waals surface area (Å²) in [4.78, 5) is 15.0. The fourth-order valence-electron chi connectivity index (χ4n) is 1.28. The topological polar surface area (TPSA) is 62.2 Å². The van der Waals surface area contributed by atoms with E-state index in [9.17, 15) is 14.3 Å². The van der Waals surface area contributed by atoms with Gasteiger partial charge in [-0.25, -0.2) is 4.98 Å². The van der Waals surface area contributed by atoms with Gasteiger partial charge in [0.15, 0.2) is 0 Å². The molecule has 0 spiro atoms. The predicted molar refractivity (Wildman–Crippen MR) is 65.5 cm³/mol. The highest BCUT2D eigenvalue weighted by Gasteiger charge is 2.21. The summed E-state index contributed by atoms with van der Waals surface area (Å²) in [5.74, 6) is -0.894. The zero-order chi connectivity index (χ0) is 12.9. The van der Waals surface area contributed by atoms with Crippen molar-refractivity contribution in [3.8, 4) is 0 Å². The van der Waals surface area contributed by atoms with Gasteiger partial charge in [0.1, 0.15) is 0 Å². The van der Waals surface area contributed by atoms with Gasteiger partial charge in [0.2, 0.25) is 5.95 Å². The molecule has 1 rings (SSSR count). The van der Waals surface area contributed by atoms with E-state index >= 15 is 0 Å². The molecule has 0 aromatic carbocycles. The molecule has 1 amide bonds. The van der Waals surface area contributed by atoms with Gasteiger partial charge in [0.25, 0.3) is 5.91 Å². The molecule has 0 aliphatic carbocycles. The summed E-state index contributed by atoms with van der Waals surface area (Å²) < 4.78 is 13.2. The molecule has 0 aliphatic rings. The highest BCUT2D eigenvalue weighted by atomic mass is 32.2. The molecule has 2 N–H and O–H groups in total. The fourth-order valence-corrected chi connectivity index (χ4v) is 2.01. The molecular weight excluding hydrogens is 243 g/mol. The van der Waals surface area contributed by atoms with Crippen molar-refractivity contribution in [1.29, 1.82) is 0 Å². The Bertz CT molecular complexity index is 399. The van der Waals surface area contributed by atoms with Gasteiger partial charge in [-0.05, 0) is 25.3 Å². The number of carbonyl (C=O) groups excluding carboxylic acids is 1. The number of thioether (sulfide) groups is 1. The van der Waals surface area contributed by atoms with Gasteiger partial charge in [-0.3, -0.25) is 4.79 Å². The van der Waals surface area contributed by atoms with E-state index in [-0.39, 0.29) is 12.1 Å². The number of nitrogens with one attached hydrogen (secondary N) is 1. The van der Waals surface area contributed by atoms with Gasteiger partial charge in [-0.15, -0.1) is 0 Å². The van der Waals surface area contributed by atoms with Crippen LogP contribution in [0.5, 0.6) is 0 Å². The standard InChI is InChI=1S/C11H15FN2O2S/c1-11(16,7-17-2)6-14-10(15)8-4-3-5-13-9(8)12/h3-5,16H,6-7H2,1-2H3,(H,14,15). The van der Waals surface area contributed by atoms with Crippen LogP contribution in [0.2, 0.25) is 0 Å². The van der Waals surface area contributed by atoms with Crippen LogP contribution < -0.4 is 5.32 Å². The molecule has 0 radical (unpaired) electrons. The number of rotatable bonds is 5. The molecule has 1 aromatic rings. The summed E-state index contributed by atoms with van der Waals surface area (Å²) in [6.45, 7) is 1.68. The maximum Gasteiger partial charge on any atom is 0.256 e. The van der Waals surface area contributed by atoms with Gasteiger partial charge in [0.05, 0.1) is 11.2 Å². The zero-order valence-corrected chi connectivity index (χ0v) is 10.6. The molecular formula is C11H15FN2O2S. The summed E-state index contributed by atoms with van der Waals surface area (Å²) in [5, 5.41) is 12.3. The second kappa shape index (κ2) is 5.97. The summed E-state index contributed by atoms with van der Waals surface area (Å²) in [7, 11) is 0. The third-order valence-electron chi connectivity index (χ3n) is 2.09. The zero-order valence-electron chi connectivity index (χ0n) is 9.74. The monoisotopic (exact) mass is 258 g/mol. The number of aliphatic hydroxyl groups is 1. The summed E-state index contributed by atoms with van der Waals surface area (Å²) in [6.07, 6.45) is 3.13. The van der Waals surface area contributed by atoms with Crippen LogP contribution in [0, 0.1) is 5.95 Å². The maximum absolute atomic E-state index is 13.2. The fraction of sp³-hybridized carbons (Fsp3) is 0.455. The van der Waals surface area contributed by atoms with E-state index in [1.807, 2.05) is 6.26 Å². The lowest BCUT2D eigenvalue weighted by atomic mass is 10.1. The quantitative estimate of drug-likeness (QED) is 0.775. The highest BCUT2D eigenvalue weighted by Crippen LogP contribution is 2.10. The summed E-state index contributed by atoms with van der Waals surface area (Å²) in [6, 6.07) is 2.83. The lowest BCUT2D eigenvalue weighted by Crippen LogP contribution is -2.42. The minimum Gasteiger partial charge on any atom is -0.387 e.